The Labute approximate surface area is 109 Å². The summed E-state index contributed by atoms with van der Waals surface area (Å²) in [6.45, 7) is 6.39. The fourth-order valence-corrected chi connectivity index (χ4v) is 2.30. The fraction of sp³-hybridized carbons (Fsp3) is 0.286. The Morgan fingerprint density at radius 2 is 2.05 bits per heavy atom. The molecule has 19 heavy (non-hydrogen) atoms. The summed E-state index contributed by atoms with van der Waals surface area (Å²) < 4.78 is 0. The number of nitrogens with zero attached hydrogens (tertiary/aromatic N) is 1. The zero-order chi connectivity index (χ0) is 13.8. The molecule has 0 saturated heterocycles. The van der Waals surface area contributed by atoms with Gasteiger partial charge in [0, 0.05) is 10.9 Å². The van der Waals surface area contributed by atoms with Crippen molar-refractivity contribution in [2.24, 2.45) is 0 Å². The van der Waals surface area contributed by atoms with Crippen LogP contribution < -0.4 is 0 Å². The Bertz CT molecular complexity index is 790. The molecule has 0 aliphatic heterocycles. The van der Waals surface area contributed by atoms with Crippen LogP contribution in [0.15, 0.2) is 18.2 Å². The van der Waals surface area contributed by atoms with E-state index in [0.29, 0.717) is 11.0 Å². The van der Waals surface area contributed by atoms with Crippen molar-refractivity contribution in [3.63, 3.8) is 0 Å². The second-order valence-corrected chi connectivity index (χ2v) is 5.76. The number of hydrogen-bond donors (Lipinski definition) is 3. The second kappa shape index (κ2) is 3.60. The molecular weight excluding hydrogens is 242 g/mol. The number of H-pyrrole nitrogens is 2. The lowest BCUT2D eigenvalue weighted by molar-refractivity contribution is 0.0692. The number of carbonyl (C=O) groups is 1. The summed E-state index contributed by atoms with van der Waals surface area (Å²) in [6.07, 6.45) is 0. The Hall–Kier alpha value is -2.30. The third-order valence-corrected chi connectivity index (χ3v) is 3.39. The molecule has 0 aliphatic carbocycles. The molecule has 0 amide bonds. The van der Waals surface area contributed by atoms with Crippen molar-refractivity contribution in [1.29, 1.82) is 0 Å². The predicted octanol–water partition coefficient (Wildman–Crippen LogP) is 3.04. The highest BCUT2D eigenvalue weighted by Gasteiger charge is 2.20. The number of aromatic amines is 2. The van der Waals surface area contributed by atoms with Crippen LogP contribution >= 0.6 is 0 Å². The Morgan fingerprint density at radius 3 is 2.68 bits per heavy atom. The van der Waals surface area contributed by atoms with Crippen LogP contribution in [0, 0.1) is 0 Å². The van der Waals surface area contributed by atoms with Crippen molar-refractivity contribution in [1.82, 2.24) is 15.2 Å². The summed E-state index contributed by atoms with van der Waals surface area (Å²) in [5, 5.41) is 17.3. The topological polar surface area (TPSA) is 81.8 Å². The highest BCUT2D eigenvalue weighted by Crippen LogP contribution is 2.31. The summed E-state index contributed by atoms with van der Waals surface area (Å²) in [5.41, 5.74) is 2.80. The minimum Gasteiger partial charge on any atom is -0.477 e. The number of carboxylic acids is 1. The standard InChI is InChI=1S/C14H15N3O2/c1-14(2,3)7-4-5-9-8(6-7)10-11(13(18)19)16-17-12(10)15-9/h4-6H,1-3H3,(H,18,19)(H2,15,16,17). The van der Waals surface area contributed by atoms with Crippen LogP contribution in [0.4, 0.5) is 0 Å². The largest absolute Gasteiger partial charge is 0.477 e. The Morgan fingerprint density at radius 1 is 1.32 bits per heavy atom. The van der Waals surface area contributed by atoms with E-state index in [0.717, 1.165) is 10.9 Å². The van der Waals surface area contributed by atoms with Crippen LogP contribution in [0.1, 0.15) is 36.8 Å². The summed E-state index contributed by atoms with van der Waals surface area (Å²) in [7, 11) is 0. The van der Waals surface area contributed by atoms with Gasteiger partial charge in [-0.15, -0.1) is 0 Å². The number of aromatic nitrogens is 3. The quantitative estimate of drug-likeness (QED) is 0.626. The lowest BCUT2D eigenvalue weighted by atomic mass is 9.86. The maximum Gasteiger partial charge on any atom is 0.354 e. The first-order chi connectivity index (χ1) is 8.88. The molecule has 1 aromatic carbocycles. The van der Waals surface area contributed by atoms with Gasteiger partial charge in [-0.25, -0.2) is 4.79 Å². The number of carboxylic acid groups (broad SMARTS) is 1. The zero-order valence-corrected chi connectivity index (χ0v) is 11.0. The van der Waals surface area contributed by atoms with Crippen LogP contribution in [-0.2, 0) is 5.41 Å². The molecule has 98 valence electrons. The third kappa shape index (κ3) is 1.69. The first-order valence-electron chi connectivity index (χ1n) is 6.11. The van der Waals surface area contributed by atoms with Gasteiger partial charge in [0.1, 0.15) is 0 Å². The van der Waals surface area contributed by atoms with E-state index in [4.69, 9.17) is 0 Å². The van der Waals surface area contributed by atoms with Gasteiger partial charge in [-0.1, -0.05) is 26.8 Å². The molecule has 3 aromatic rings. The highest BCUT2D eigenvalue weighted by molar-refractivity contribution is 6.14. The van der Waals surface area contributed by atoms with E-state index in [1.807, 2.05) is 12.1 Å². The molecule has 0 atom stereocenters. The van der Waals surface area contributed by atoms with Crippen LogP contribution in [0.3, 0.4) is 0 Å². The summed E-state index contributed by atoms with van der Waals surface area (Å²) >= 11 is 0. The molecule has 0 unspecified atom stereocenters. The summed E-state index contributed by atoms with van der Waals surface area (Å²) in [5.74, 6) is -0.996. The normalized spacial score (nSPS) is 12.4. The molecule has 0 aliphatic rings. The van der Waals surface area contributed by atoms with Gasteiger partial charge < -0.3 is 10.1 Å². The number of rotatable bonds is 1. The highest BCUT2D eigenvalue weighted by atomic mass is 16.4. The van der Waals surface area contributed by atoms with Crippen molar-refractivity contribution in [3.05, 3.63) is 29.5 Å². The number of aromatic carboxylic acids is 1. The molecule has 5 nitrogen and oxygen atoms in total. The summed E-state index contributed by atoms with van der Waals surface area (Å²) in [4.78, 5) is 14.3. The van der Waals surface area contributed by atoms with Crippen molar-refractivity contribution < 1.29 is 9.90 Å². The zero-order valence-electron chi connectivity index (χ0n) is 11.0. The van der Waals surface area contributed by atoms with E-state index in [1.54, 1.807) is 0 Å². The van der Waals surface area contributed by atoms with Gasteiger partial charge in [0.25, 0.3) is 0 Å². The SMILES string of the molecule is CC(C)(C)c1ccc2[nH]c3n[nH]c(C(=O)O)c3c2c1. The average Bonchev–Trinajstić information content (AvgIpc) is 2.84. The van der Waals surface area contributed by atoms with Gasteiger partial charge in [0.2, 0.25) is 0 Å². The van der Waals surface area contributed by atoms with E-state index in [-0.39, 0.29) is 11.1 Å². The molecule has 3 N–H and O–H groups in total. The van der Waals surface area contributed by atoms with Crippen molar-refractivity contribution in [2.75, 3.05) is 0 Å². The second-order valence-electron chi connectivity index (χ2n) is 5.76. The van der Waals surface area contributed by atoms with Gasteiger partial charge in [0.05, 0.1) is 5.39 Å². The van der Waals surface area contributed by atoms with Gasteiger partial charge in [-0.3, -0.25) is 5.10 Å². The van der Waals surface area contributed by atoms with E-state index in [1.165, 1.54) is 5.56 Å². The van der Waals surface area contributed by atoms with Gasteiger partial charge in [-0.2, -0.15) is 5.10 Å². The molecule has 0 bridgehead atoms. The van der Waals surface area contributed by atoms with Crippen LogP contribution in [0.25, 0.3) is 21.9 Å². The third-order valence-electron chi connectivity index (χ3n) is 3.39. The smallest absolute Gasteiger partial charge is 0.354 e. The fourth-order valence-electron chi connectivity index (χ4n) is 2.30. The van der Waals surface area contributed by atoms with Gasteiger partial charge in [0.15, 0.2) is 11.3 Å². The van der Waals surface area contributed by atoms with Crippen LogP contribution in [-0.4, -0.2) is 26.3 Å². The predicted molar refractivity (Wildman–Crippen MR) is 73.6 cm³/mol. The first kappa shape index (κ1) is 11.8. The Balaban J connectivity index is 2.39. The molecular formula is C14H15N3O2. The molecule has 5 heteroatoms. The van der Waals surface area contributed by atoms with E-state index in [9.17, 15) is 9.90 Å². The van der Waals surface area contributed by atoms with Crippen LogP contribution in [0.5, 0.6) is 0 Å². The molecule has 2 aromatic heterocycles. The molecule has 0 fully saturated rings. The molecule has 0 saturated carbocycles. The van der Waals surface area contributed by atoms with E-state index >= 15 is 0 Å². The molecule has 2 heterocycles. The minimum atomic E-state index is -0.996. The molecule has 0 spiro atoms. The molecule has 3 rings (SSSR count). The number of benzene rings is 1. The Kier molecular flexibility index (Phi) is 2.23. The molecule has 0 radical (unpaired) electrons. The number of nitrogens with one attached hydrogen (secondary N) is 2. The van der Waals surface area contributed by atoms with Crippen molar-refractivity contribution >= 4 is 27.9 Å². The monoisotopic (exact) mass is 257 g/mol. The first-order valence-corrected chi connectivity index (χ1v) is 6.11. The number of hydrogen-bond acceptors (Lipinski definition) is 2. The van der Waals surface area contributed by atoms with Crippen molar-refractivity contribution in [2.45, 2.75) is 26.2 Å². The van der Waals surface area contributed by atoms with E-state index < -0.39 is 5.97 Å². The minimum absolute atomic E-state index is 0.0188. The average molecular weight is 257 g/mol. The van der Waals surface area contributed by atoms with Gasteiger partial charge >= 0.3 is 5.97 Å². The maximum absolute atomic E-state index is 11.2. The van der Waals surface area contributed by atoms with Crippen LogP contribution in [0.2, 0.25) is 0 Å². The van der Waals surface area contributed by atoms with E-state index in [2.05, 4.69) is 42.0 Å². The number of fused-ring (bicyclic) bond motifs is 3. The summed E-state index contributed by atoms with van der Waals surface area (Å²) in [6, 6.07) is 6.07. The maximum atomic E-state index is 11.2. The lowest BCUT2D eigenvalue weighted by Gasteiger charge is -2.18. The van der Waals surface area contributed by atoms with Crippen molar-refractivity contribution in [3.8, 4) is 0 Å². The van der Waals surface area contributed by atoms with Gasteiger partial charge in [-0.05, 0) is 23.1 Å². The lowest BCUT2D eigenvalue weighted by Crippen LogP contribution is -2.10.